The third kappa shape index (κ3) is 6.55. The summed E-state index contributed by atoms with van der Waals surface area (Å²) < 4.78 is 13.5. The van der Waals surface area contributed by atoms with Gasteiger partial charge in [-0.3, -0.25) is 0 Å². The maximum atomic E-state index is 13.5. The average Bonchev–Trinajstić information content (AvgIpc) is 2.43. The molecule has 118 valence electrons. The lowest BCUT2D eigenvalue weighted by molar-refractivity contribution is 0.168. The molecule has 0 aromatic heterocycles. The van der Waals surface area contributed by atoms with Crippen molar-refractivity contribution in [1.29, 1.82) is 0 Å². The fourth-order valence-electron chi connectivity index (χ4n) is 1.84. The van der Waals surface area contributed by atoms with Crippen LogP contribution in [0.4, 0.5) is 9.18 Å². The fraction of sp³-hybridized carbons (Fsp3) is 0.533. The van der Waals surface area contributed by atoms with Crippen molar-refractivity contribution >= 4 is 6.03 Å². The Labute approximate surface area is 125 Å². The lowest BCUT2D eigenvalue weighted by atomic mass is 10.1. The van der Waals surface area contributed by atoms with Crippen molar-refractivity contribution in [3.63, 3.8) is 0 Å². The summed E-state index contributed by atoms with van der Waals surface area (Å²) in [4.78, 5) is 13.7. The third-order valence-electron chi connectivity index (χ3n) is 3.11. The summed E-state index contributed by atoms with van der Waals surface area (Å²) in [7, 11) is 3.94. The molecule has 0 saturated carbocycles. The van der Waals surface area contributed by atoms with Crippen molar-refractivity contribution in [2.75, 3.05) is 27.2 Å². The molecular weight excluding hydrogens is 273 g/mol. The molecule has 1 rings (SSSR count). The van der Waals surface area contributed by atoms with Crippen LogP contribution in [-0.4, -0.2) is 49.3 Å². The van der Waals surface area contributed by atoms with Gasteiger partial charge in [0.1, 0.15) is 5.82 Å². The molecule has 0 aliphatic rings. The van der Waals surface area contributed by atoms with Gasteiger partial charge in [0.25, 0.3) is 0 Å². The van der Waals surface area contributed by atoms with E-state index < -0.39 is 11.9 Å². The Hall–Kier alpha value is -1.66. The Morgan fingerprint density at radius 1 is 1.38 bits per heavy atom. The second kappa shape index (κ2) is 8.59. The molecule has 0 spiro atoms. The van der Waals surface area contributed by atoms with Crippen molar-refractivity contribution < 1.29 is 14.3 Å². The number of amides is 2. The Balaban J connectivity index is 2.34. The topological polar surface area (TPSA) is 64.6 Å². The minimum Gasteiger partial charge on any atom is -0.386 e. The van der Waals surface area contributed by atoms with Gasteiger partial charge in [-0.05, 0) is 40.1 Å². The van der Waals surface area contributed by atoms with E-state index in [9.17, 15) is 14.3 Å². The SMILES string of the molecule is CC(CCN(C)C)NC(=O)NCC(O)c1ccccc1F. The summed E-state index contributed by atoms with van der Waals surface area (Å²) in [5, 5.41) is 15.2. The predicted molar refractivity (Wildman–Crippen MR) is 80.5 cm³/mol. The van der Waals surface area contributed by atoms with Crippen LogP contribution in [0, 0.1) is 5.82 Å². The molecule has 21 heavy (non-hydrogen) atoms. The van der Waals surface area contributed by atoms with E-state index in [4.69, 9.17) is 0 Å². The molecule has 0 fully saturated rings. The first-order chi connectivity index (χ1) is 9.90. The lowest BCUT2D eigenvalue weighted by Gasteiger charge is -2.18. The molecule has 2 atom stereocenters. The van der Waals surface area contributed by atoms with Gasteiger partial charge in [0.15, 0.2) is 0 Å². The zero-order valence-corrected chi connectivity index (χ0v) is 12.8. The minimum absolute atomic E-state index is 0.0259. The highest BCUT2D eigenvalue weighted by atomic mass is 19.1. The van der Waals surface area contributed by atoms with Gasteiger partial charge in [-0.15, -0.1) is 0 Å². The van der Waals surface area contributed by atoms with Crippen LogP contribution in [0.1, 0.15) is 25.0 Å². The van der Waals surface area contributed by atoms with E-state index in [0.717, 1.165) is 13.0 Å². The first-order valence-corrected chi connectivity index (χ1v) is 7.01. The lowest BCUT2D eigenvalue weighted by Crippen LogP contribution is -2.43. The van der Waals surface area contributed by atoms with Gasteiger partial charge < -0.3 is 20.6 Å². The summed E-state index contributed by atoms with van der Waals surface area (Å²) >= 11 is 0. The van der Waals surface area contributed by atoms with Gasteiger partial charge in [0.2, 0.25) is 0 Å². The van der Waals surface area contributed by atoms with Gasteiger partial charge in [-0.25, -0.2) is 9.18 Å². The van der Waals surface area contributed by atoms with Crippen LogP contribution in [0.25, 0.3) is 0 Å². The third-order valence-corrected chi connectivity index (χ3v) is 3.11. The number of hydrogen-bond acceptors (Lipinski definition) is 3. The second-order valence-corrected chi connectivity index (χ2v) is 5.38. The summed E-state index contributed by atoms with van der Waals surface area (Å²) in [5.41, 5.74) is 0.179. The highest BCUT2D eigenvalue weighted by Crippen LogP contribution is 2.15. The number of carbonyl (C=O) groups excluding carboxylic acids is 1. The number of hydrogen-bond donors (Lipinski definition) is 3. The number of urea groups is 1. The number of rotatable bonds is 7. The zero-order valence-electron chi connectivity index (χ0n) is 12.8. The van der Waals surface area contributed by atoms with Crippen molar-refractivity contribution in [1.82, 2.24) is 15.5 Å². The standard InChI is InChI=1S/C15H24FN3O2/c1-11(8-9-19(2)3)18-15(21)17-10-14(20)12-6-4-5-7-13(12)16/h4-7,11,14,20H,8-10H2,1-3H3,(H2,17,18,21). The van der Waals surface area contributed by atoms with Gasteiger partial charge in [-0.2, -0.15) is 0 Å². The van der Waals surface area contributed by atoms with Crippen molar-refractivity contribution in [3.05, 3.63) is 35.6 Å². The quantitative estimate of drug-likeness (QED) is 0.714. The smallest absolute Gasteiger partial charge is 0.315 e. The highest BCUT2D eigenvalue weighted by Gasteiger charge is 2.14. The highest BCUT2D eigenvalue weighted by molar-refractivity contribution is 5.74. The summed E-state index contributed by atoms with van der Waals surface area (Å²) in [6.45, 7) is 2.75. The van der Waals surface area contributed by atoms with E-state index in [1.807, 2.05) is 25.9 Å². The zero-order chi connectivity index (χ0) is 15.8. The van der Waals surface area contributed by atoms with E-state index in [1.165, 1.54) is 12.1 Å². The Kier molecular flexibility index (Phi) is 7.11. The van der Waals surface area contributed by atoms with Crippen LogP contribution in [0.5, 0.6) is 0 Å². The molecular formula is C15H24FN3O2. The molecule has 1 aromatic rings. The number of nitrogens with one attached hydrogen (secondary N) is 2. The number of aliphatic hydroxyl groups excluding tert-OH is 1. The van der Waals surface area contributed by atoms with Gasteiger partial charge in [0.05, 0.1) is 6.10 Å². The van der Waals surface area contributed by atoms with Gasteiger partial charge in [0, 0.05) is 18.2 Å². The second-order valence-electron chi connectivity index (χ2n) is 5.38. The van der Waals surface area contributed by atoms with Crippen LogP contribution < -0.4 is 10.6 Å². The maximum Gasteiger partial charge on any atom is 0.315 e. The van der Waals surface area contributed by atoms with E-state index in [-0.39, 0.29) is 24.2 Å². The Bertz CT molecular complexity index is 454. The Morgan fingerprint density at radius 2 is 2.05 bits per heavy atom. The summed E-state index contributed by atoms with van der Waals surface area (Å²) in [6, 6.07) is 5.64. The normalized spacial score (nSPS) is 13.8. The van der Waals surface area contributed by atoms with Gasteiger partial charge in [-0.1, -0.05) is 18.2 Å². The number of benzene rings is 1. The predicted octanol–water partition coefficient (Wildman–Crippen LogP) is 1.50. The van der Waals surface area contributed by atoms with Crippen LogP contribution in [-0.2, 0) is 0 Å². The number of nitrogens with zero attached hydrogens (tertiary/aromatic N) is 1. The molecule has 2 unspecified atom stereocenters. The first kappa shape index (κ1) is 17.4. The maximum absolute atomic E-state index is 13.5. The van der Waals surface area contributed by atoms with Crippen molar-refractivity contribution in [3.8, 4) is 0 Å². The molecule has 0 saturated heterocycles. The average molecular weight is 297 g/mol. The number of halogens is 1. The van der Waals surface area contributed by atoms with E-state index >= 15 is 0 Å². The van der Waals surface area contributed by atoms with E-state index in [1.54, 1.807) is 12.1 Å². The van der Waals surface area contributed by atoms with Crippen LogP contribution >= 0.6 is 0 Å². The molecule has 0 aliphatic heterocycles. The first-order valence-electron chi connectivity index (χ1n) is 7.01. The van der Waals surface area contributed by atoms with Crippen molar-refractivity contribution in [2.24, 2.45) is 0 Å². The molecule has 5 nitrogen and oxygen atoms in total. The molecule has 0 aliphatic carbocycles. The summed E-state index contributed by atoms with van der Waals surface area (Å²) in [5.74, 6) is -0.480. The monoisotopic (exact) mass is 297 g/mol. The van der Waals surface area contributed by atoms with E-state index in [2.05, 4.69) is 10.6 Å². The largest absolute Gasteiger partial charge is 0.386 e. The molecule has 3 N–H and O–H groups in total. The van der Waals surface area contributed by atoms with E-state index in [0.29, 0.717) is 0 Å². The van der Waals surface area contributed by atoms with Crippen LogP contribution in [0.2, 0.25) is 0 Å². The minimum atomic E-state index is -1.06. The molecule has 0 radical (unpaired) electrons. The molecule has 1 aromatic carbocycles. The van der Waals surface area contributed by atoms with Crippen molar-refractivity contribution in [2.45, 2.75) is 25.5 Å². The molecule has 0 bridgehead atoms. The number of aliphatic hydroxyl groups is 1. The fourth-order valence-corrected chi connectivity index (χ4v) is 1.84. The molecule has 2 amide bonds. The number of carbonyl (C=O) groups is 1. The summed E-state index contributed by atoms with van der Waals surface area (Å²) in [6.07, 6.45) is -0.231. The molecule has 6 heteroatoms. The Morgan fingerprint density at radius 3 is 2.67 bits per heavy atom. The van der Waals surface area contributed by atoms with Gasteiger partial charge >= 0.3 is 6.03 Å². The van der Waals surface area contributed by atoms with Crippen LogP contribution in [0.15, 0.2) is 24.3 Å². The molecule has 0 heterocycles. The van der Waals surface area contributed by atoms with Crippen LogP contribution in [0.3, 0.4) is 0 Å².